The molecule has 0 spiro atoms. The highest BCUT2D eigenvalue weighted by atomic mass is 15.2. The van der Waals surface area contributed by atoms with Crippen molar-refractivity contribution in [2.24, 2.45) is 0 Å². The quantitative estimate of drug-likeness (QED) is 0.162. The van der Waals surface area contributed by atoms with Gasteiger partial charge in [-0.15, -0.1) is 0 Å². The lowest BCUT2D eigenvalue weighted by molar-refractivity contribution is 1.23. The van der Waals surface area contributed by atoms with Crippen molar-refractivity contribution in [3.63, 3.8) is 0 Å². The number of hydrogen-bond acceptors (Lipinski definition) is 3. The molecule has 0 bridgehead atoms. The van der Waals surface area contributed by atoms with Crippen LogP contribution in [-0.4, -0.2) is 13.4 Å². The fourth-order valence-electron chi connectivity index (χ4n) is 10.1. The van der Waals surface area contributed by atoms with Crippen LogP contribution in [-0.2, 0) is 0 Å². The maximum Gasteiger partial charge on any atom is 0.252 e. The summed E-state index contributed by atoms with van der Waals surface area (Å²) in [5.74, 6) is 0. The number of fused-ring (bicyclic) bond motifs is 7. The number of rotatable bonds is 5. The topological polar surface area (TPSA) is 9.72 Å². The Morgan fingerprint density at radius 3 is 1.19 bits per heavy atom. The zero-order valence-corrected chi connectivity index (χ0v) is 32.4. The van der Waals surface area contributed by atoms with Crippen molar-refractivity contribution in [3.8, 4) is 11.1 Å². The summed E-state index contributed by atoms with van der Waals surface area (Å²) in [5, 5.41) is 0. The van der Waals surface area contributed by atoms with E-state index in [0.717, 1.165) is 17.1 Å². The minimum atomic E-state index is -0.0398. The third-order valence-electron chi connectivity index (χ3n) is 12.5. The molecule has 0 unspecified atom stereocenters. The maximum absolute atomic E-state index is 2.57. The molecule has 9 aromatic rings. The first-order valence-electron chi connectivity index (χ1n) is 20.5. The lowest BCUT2D eigenvalue weighted by Crippen LogP contribution is -2.66. The Labute approximate surface area is 346 Å². The fraction of sp³-hybridized carbons (Fsp3) is 0. The van der Waals surface area contributed by atoms with Gasteiger partial charge in [-0.2, -0.15) is 0 Å². The van der Waals surface area contributed by atoms with Crippen molar-refractivity contribution in [2.75, 3.05) is 14.7 Å². The molecule has 3 aliphatic heterocycles. The monoisotopic (exact) mass is 749 g/mol. The number of para-hydroxylation sites is 5. The minimum Gasteiger partial charge on any atom is -0.312 e. The van der Waals surface area contributed by atoms with Crippen molar-refractivity contribution in [3.05, 3.63) is 224 Å². The first-order valence-corrected chi connectivity index (χ1v) is 20.5. The van der Waals surface area contributed by atoms with Crippen molar-refractivity contribution in [1.82, 2.24) is 0 Å². The second kappa shape index (κ2) is 13.6. The molecule has 9 aromatic carbocycles. The second-order valence-corrected chi connectivity index (χ2v) is 15.6. The second-order valence-electron chi connectivity index (χ2n) is 15.6. The van der Waals surface area contributed by atoms with Crippen molar-refractivity contribution >= 4 is 97.4 Å². The normalized spacial score (nSPS) is 13.3. The number of hydrogen-bond donors (Lipinski definition) is 0. The summed E-state index contributed by atoms with van der Waals surface area (Å²) >= 11 is 0. The van der Waals surface area contributed by atoms with E-state index in [0.29, 0.717) is 0 Å². The zero-order valence-electron chi connectivity index (χ0n) is 32.4. The molecule has 274 valence electrons. The van der Waals surface area contributed by atoms with E-state index in [4.69, 9.17) is 0 Å². The van der Waals surface area contributed by atoms with Gasteiger partial charge in [0, 0.05) is 51.2 Å². The standard InChI is InChI=1S/C54H37B2N3/c1-5-19-38(20-6-1)39-33-35-43(36-34-39)58-47-30-16-13-27-44(47)55(40-21-7-2-8-22-40)52-50(58)37-51-53-54(52)59(42-25-11-4-12-26-42)49-32-18-15-29-46(49)56(53)45-28-14-17-31-48(45)57(51)41-23-9-3-10-24-41/h1-37H. The van der Waals surface area contributed by atoms with E-state index in [1.54, 1.807) is 0 Å². The summed E-state index contributed by atoms with van der Waals surface area (Å²) in [6.45, 7) is -0.0214. The molecule has 5 heteroatoms. The molecular formula is C54H37B2N3. The van der Waals surface area contributed by atoms with Gasteiger partial charge in [0.1, 0.15) is 0 Å². The van der Waals surface area contributed by atoms with Crippen LogP contribution in [0.15, 0.2) is 224 Å². The summed E-state index contributed by atoms with van der Waals surface area (Å²) in [5.41, 5.74) is 20.9. The Morgan fingerprint density at radius 2 is 0.644 bits per heavy atom. The fourth-order valence-corrected chi connectivity index (χ4v) is 10.1. The molecule has 0 atom stereocenters. The summed E-state index contributed by atoms with van der Waals surface area (Å²) in [4.78, 5) is 7.61. The van der Waals surface area contributed by atoms with Gasteiger partial charge in [-0.1, -0.05) is 169 Å². The molecule has 59 heavy (non-hydrogen) atoms. The third kappa shape index (κ3) is 5.18. The Hall–Kier alpha value is -7.49. The van der Waals surface area contributed by atoms with Crippen LogP contribution in [0.3, 0.4) is 0 Å². The van der Waals surface area contributed by atoms with E-state index in [1.807, 2.05) is 0 Å². The van der Waals surface area contributed by atoms with E-state index >= 15 is 0 Å². The van der Waals surface area contributed by atoms with Crippen LogP contribution in [0.5, 0.6) is 0 Å². The average Bonchev–Trinajstić information content (AvgIpc) is 3.32. The SMILES string of the molecule is c1ccc(B2c3ccccc3N(c3ccc(-c4ccccc4)cc3)c3cc4c5c(c32)N(c2ccccc2)c2ccccc2B5c2ccccc2N4c2ccccc2)cc1. The molecule has 3 heterocycles. The molecule has 0 amide bonds. The molecule has 0 saturated heterocycles. The van der Waals surface area contributed by atoms with Gasteiger partial charge in [0.15, 0.2) is 0 Å². The molecule has 12 rings (SSSR count). The smallest absolute Gasteiger partial charge is 0.252 e. The molecule has 3 aliphatic rings. The number of nitrogens with zero attached hydrogens (tertiary/aromatic N) is 3. The average molecular weight is 750 g/mol. The molecule has 0 aliphatic carbocycles. The first kappa shape index (κ1) is 33.6. The summed E-state index contributed by atoms with van der Waals surface area (Å²) in [6, 6.07) is 82.6. The van der Waals surface area contributed by atoms with E-state index in [2.05, 4.69) is 239 Å². The molecule has 0 saturated carbocycles. The highest BCUT2D eigenvalue weighted by Gasteiger charge is 2.48. The first-order chi connectivity index (χ1) is 29.3. The lowest BCUT2D eigenvalue weighted by Gasteiger charge is -2.48. The Morgan fingerprint density at radius 1 is 0.271 bits per heavy atom. The van der Waals surface area contributed by atoms with Gasteiger partial charge < -0.3 is 14.7 Å². The van der Waals surface area contributed by atoms with Gasteiger partial charge in [0.2, 0.25) is 6.71 Å². The summed E-state index contributed by atoms with van der Waals surface area (Å²) in [7, 11) is 0. The van der Waals surface area contributed by atoms with Crippen LogP contribution in [0.1, 0.15) is 0 Å². The van der Waals surface area contributed by atoms with Gasteiger partial charge in [-0.3, -0.25) is 0 Å². The molecule has 0 fully saturated rings. The molecular weight excluding hydrogens is 712 g/mol. The largest absolute Gasteiger partial charge is 0.312 e. The van der Waals surface area contributed by atoms with Crippen LogP contribution in [0.25, 0.3) is 11.1 Å². The van der Waals surface area contributed by atoms with Gasteiger partial charge in [-0.05, 0) is 99.1 Å². The van der Waals surface area contributed by atoms with E-state index in [9.17, 15) is 0 Å². The van der Waals surface area contributed by atoms with Crippen molar-refractivity contribution < 1.29 is 0 Å². The zero-order chi connectivity index (χ0) is 38.9. The molecule has 0 aromatic heterocycles. The molecule has 0 radical (unpaired) electrons. The lowest BCUT2D eigenvalue weighted by atomic mass is 9.30. The number of benzene rings is 9. The van der Waals surface area contributed by atoms with E-state index < -0.39 is 0 Å². The van der Waals surface area contributed by atoms with Gasteiger partial charge >= 0.3 is 0 Å². The summed E-state index contributed by atoms with van der Waals surface area (Å²) < 4.78 is 0. The van der Waals surface area contributed by atoms with Crippen LogP contribution < -0.4 is 47.5 Å². The van der Waals surface area contributed by atoms with Gasteiger partial charge in [0.05, 0.1) is 0 Å². The molecule has 0 N–H and O–H groups in total. The predicted molar refractivity (Wildman–Crippen MR) is 252 cm³/mol. The van der Waals surface area contributed by atoms with Crippen LogP contribution in [0.4, 0.5) is 51.2 Å². The van der Waals surface area contributed by atoms with E-state index in [-0.39, 0.29) is 13.4 Å². The predicted octanol–water partition coefficient (Wildman–Crippen LogP) is 9.74. The third-order valence-corrected chi connectivity index (χ3v) is 12.5. The number of anilines is 9. The van der Waals surface area contributed by atoms with Crippen LogP contribution in [0.2, 0.25) is 0 Å². The van der Waals surface area contributed by atoms with Crippen LogP contribution in [0, 0.1) is 0 Å². The van der Waals surface area contributed by atoms with Gasteiger partial charge in [-0.25, -0.2) is 0 Å². The maximum atomic E-state index is 2.57. The summed E-state index contributed by atoms with van der Waals surface area (Å²) in [6.07, 6.45) is 0. The van der Waals surface area contributed by atoms with Crippen molar-refractivity contribution in [1.29, 1.82) is 0 Å². The van der Waals surface area contributed by atoms with Crippen LogP contribution >= 0.6 is 0 Å². The Kier molecular flexibility index (Phi) is 7.74. The minimum absolute atomic E-state index is 0.0184. The highest BCUT2D eigenvalue weighted by Crippen LogP contribution is 2.48. The van der Waals surface area contributed by atoms with Crippen molar-refractivity contribution in [2.45, 2.75) is 0 Å². The Bertz CT molecular complexity index is 3000. The molecule has 3 nitrogen and oxygen atoms in total. The van der Waals surface area contributed by atoms with Gasteiger partial charge in [0.25, 0.3) is 6.71 Å². The Balaban J connectivity index is 1.24. The van der Waals surface area contributed by atoms with E-state index in [1.165, 1.54) is 78.0 Å². The highest BCUT2D eigenvalue weighted by molar-refractivity contribution is 7.03.